The van der Waals surface area contributed by atoms with Gasteiger partial charge >= 0.3 is 12.2 Å². The van der Waals surface area contributed by atoms with Gasteiger partial charge in [0.15, 0.2) is 0 Å². The summed E-state index contributed by atoms with van der Waals surface area (Å²) in [7, 11) is 0. The predicted molar refractivity (Wildman–Crippen MR) is 199 cm³/mol. The van der Waals surface area contributed by atoms with Gasteiger partial charge in [0.2, 0.25) is 11.8 Å². The number of ether oxygens (including phenoxy) is 2. The standard InChI is InChI=1S/2C20H20BrNO3/c2*1-13-8-10-15(11-9-13)14(2)18(21)19(23)22-17(12-25-20(22)24)16-6-4-3-5-7-16/h2*3-11,14,17-18H,12H2,1-2H3/t14-,17+,18-;14-,17-,18+/m10/s1. The van der Waals surface area contributed by atoms with Gasteiger partial charge < -0.3 is 9.47 Å². The fraction of sp³-hybridized carbons (Fsp3) is 0.300. The first kappa shape index (κ1) is 37.0. The minimum Gasteiger partial charge on any atom is -0.446 e. The number of carbonyl (C=O) groups is 4. The third-order valence-corrected chi connectivity index (χ3v) is 11.5. The number of halogens is 2. The Morgan fingerprint density at radius 2 is 0.900 bits per heavy atom. The maximum absolute atomic E-state index is 13.0. The predicted octanol–water partition coefficient (Wildman–Crippen LogP) is 9.16. The first-order valence-corrected chi connectivity index (χ1v) is 18.3. The van der Waals surface area contributed by atoms with Crippen molar-refractivity contribution in [1.29, 1.82) is 0 Å². The van der Waals surface area contributed by atoms with Crippen LogP contribution >= 0.6 is 31.9 Å². The van der Waals surface area contributed by atoms with Crippen molar-refractivity contribution < 1.29 is 28.7 Å². The number of cyclic esters (lactones) is 2. The van der Waals surface area contributed by atoms with Gasteiger partial charge in [0, 0.05) is 11.8 Å². The molecular weight excluding hydrogens is 764 g/mol. The molecule has 0 spiro atoms. The average molecular weight is 805 g/mol. The van der Waals surface area contributed by atoms with Crippen LogP contribution in [0.5, 0.6) is 0 Å². The molecule has 4 amide bonds. The summed E-state index contributed by atoms with van der Waals surface area (Å²) in [6.07, 6.45) is -1.17. The van der Waals surface area contributed by atoms with Crippen molar-refractivity contribution >= 4 is 55.9 Å². The van der Waals surface area contributed by atoms with Crippen molar-refractivity contribution in [3.05, 3.63) is 143 Å². The van der Waals surface area contributed by atoms with Crippen LogP contribution in [0.4, 0.5) is 9.59 Å². The number of alkyl halides is 2. The molecule has 8 nitrogen and oxygen atoms in total. The van der Waals surface area contributed by atoms with Gasteiger partial charge in [0.25, 0.3) is 0 Å². The van der Waals surface area contributed by atoms with Gasteiger partial charge in [-0.15, -0.1) is 0 Å². The Balaban J connectivity index is 0.000000194. The third kappa shape index (κ3) is 8.36. The van der Waals surface area contributed by atoms with Gasteiger partial charge in [0.05, 0.1) is 0 Å². The van der Waals surface area contributed by atoms with E-state index in [1.165, 1.54) is 20.9 Å². The smallest absolute Gasteiger partial charge is 0.417 e. The second-order valence-corrected chi connectivity index (χ2v) is 14.6. The van der Waals surface area contributed by atoms with Crippen LogP contribution in [0.25, 0.3) is 0 Å². The molecular formula is C40H40Br2N2O6. The molecule has 0 N–H and O–H groups in total. The summed E-state index contributed by atoms with van der Waals surface area (Å²) in [4.78, 5) is 51.8. The maximum atomic E-state index is 13.0. The van der Waals surface area contributed by atoms with Crippen LogP contribution in [-0.4, -0.2) is 56.7 Å². The fourth-order valence-corrected chi connectivity index (χ4v) is 6.99. The Morgan fingerprint density at radius 1 is 0.580 bits per heavy atom. The van der Waals surface area contributed by atoms with Gasteiger partial charge in [-0.25, -0.2) is 19.4 Å². The summed E-state index contributed by atoms with van der Waals surface area (Å²) in [5.41, 5.74) is 6.21. The van der Waals surface area contributed by atoms with Gasteiger partial charge in [-0.1, -0.05) is 166 Å². The minimum absolute atomic E-state index is 0.0714. The number of hydrogen-bond donors (Lipinski definition) is 0. The quantitative estimate of drug-likeness (QED) is 0.165. The van der Waals surface area contributed by atoms with E-state index in [-0.39, 0.29) is 48.9 Å². The monoisotopic (exact) mass is 802 g/mol. The van der Waals surface area contributed by atoms with Crippen molar-refractivity contribution in [1.82, 2.24) is 9.80 Å². The highest BCUT2D eigenvalue weighted by Crippen LogP contribution is 2.35. The highest BCUT2D eigenvalue weighted by molar-refractivity contribution is 9.10. The number of rotatable bonds is 8. The van der Waals surface area contributed by atoms with Gasteiger partial charge in [-0.2, -0.15) is 0 Å². The lowest BCUT2D eigenvalue weighted by Gasteiger charge is -2.25. The van der Waals surface area contributed by atoms with Crippen LogP contribution in [0.2, 0.25) is 0 Å². The number of aryl methyl sites for hydroxylation is 2. The molecule has 0 saturated carbocycles. The second-order valence-electron chi connectivity index (χ2n) is 12.6. The Morgan fingerprint density at radius 3 is 1.22 bits per heavy atom. The molecule has 2 saturated heterocycles. The Labute approximate surface area is 310 Å². The van der Waals surface area contributed by atoms with E-state index in [4.69, 9.17) is 9.47 Å². The Kier molecular flexibility index (Phi) is 12.3. The molecule has 2 heterocycles. The zero-order valence-corrected chi connectivity index (χ0v) is 31.5. The van der Waals surface area contributed by atoms with E-state index in [0.717, 1.165) is 22.3 Å². The van der Waals surface area contributed by atoms with E-state index in [1.54, 1.807) is 0 Å². The molecule has 0 unspecified atom stereocenters. The molecule has 260 valence electrons. The van der Waals surface area contributed by atoms with Gasteiger partial charge in [0.1, 0.15) is 35.0 Å². The van der Waals surface area contributed by atoms with Crippen LogP contribution in [0.3, 0.4) is 0 Å². The first-order chi connectivity index (χ1) is 24.0. The highest BCUT2D eigenvalue weighted by Gasteiger charge is 2.43. The number of carbonyl (C=O) groups excluding carboxylic acids is 4. The lowest BCUT2D eigenvalue weighted by molar-refractivity contribution is -0.129. The Hall–Kier alpha value is -4.28. The zero-order valence-electron chi connectivity index (χ0n) is 28.4. The second kappa shape index (κ2) is 16.6. The number of hydrogen-bond acceptors (Lipinski definition) is 6. The van der Waals surface area contributed by atoms with Crippen molar-refractivity contribution in [3.63, 3.8) is 0 Å². The summed E-state index contributed by atoms with van der Waals surface area (Å²) >= 11 is 7.01. The van der Waals surface area contributed by atoms with Crippen LogP contribution in [0.15, 0.2) is 109 Å². The fourth-order valence-electron chi connectivity index (χ4n) is 5.94. The highest BCUT2D eigenvalue weighted by atomic mass is 79.9. The molecule has 0 bridgehead atoms. The summed E-state index contributed by atoms with van der Waals surface area (Å²) in [6.45, 7) is 8.37. The van der Waals surface area contributed by atoms with Crippen LogP contribution < -0.4 is 0 Å². The van der Waals surface area contributed by atoms with Crippen LogP contribution in [-0.2, 0) is 19.1 Å². The van der Waals surface area contributed by atoms with Crippen molar-refractivity contribution in [2.75, 3.05) is 13.2 Å². The molecule has 0 aliphatic carbocycles. The molecule has 2 aliphatic heterocycles. The average Bonchev–Trinajstić information content (AvgIpc) is 3.73. The molecule has 6 atom stereocenters. The van der Waals surface area contributed by atoms with E-state index < -0.39 is 21.8 Å². The van der Waals surface area contributed by atoms with Gasteiger partial charge in [-0.3, -0.25) is 9.59 Å². The molecule has 0 radical (unpaired) electrons. The van der Waals surface area contributed by atoms with Gasteiger partial charge in [-0.05, 0) is 36.1 Å². The largest absolute Gasteiger partial charge is 0.446 e. The van der Waals surface area contributed by atoms with E-state index in [2.05, 4.69) is 31.9 Å². The molecule has 2 fully saturated rings. The van der Waals surface area contributed by atoms with Crippen LogP contribution in [0, 0.1) is 13.8 Å². The molecule has 10 heteroatoms. The van der Waals surface area contributed by atoms with Crippen LogP contribution in [0.1, 0.15) is 71.1 Å². The third-order valence-electron chi connectivity index (χ3n) is 9.15. The normalized spacial score (nSPS) is 19.4. The van der Waals surface area contributed by atoms with E-state index in [1.807, 2.05) is 137 Å². The first-order valence-electron chi connectivity index (χ1n) is 16.5. The van der Waals surface area contributed by atoms with E-state index in [0.29, 0.717) is 0 Å². The van der Waals surface area contributed by atoms with Crippen molar-refractivity contribution in [2.24, 2.45) is 0 Å². The number of benzene rings is 4. The SMILES string of the molecule is Cc1ccc([C@@H](C)[C@@H](Br)C(=O)N2C(=O)OC[C@H]2c2ccccc2)cc1.Cc1ccc([C@H](C)[C@@H](Br)C(=O)N2C(=O)OC[C@H]2c2ccccc2)cc1. The van der Waals surface area contributed by atoms with E-state index in [9.17, 15) is 19.2 Å². The van der Waals surface area contributed by atoms with Crippen molar-refractivity contribution in [2.45, 2.75) is 61.3 Å². The summed E-state index contributed by atoms with van der Waals surface area (Å²) in [5, 5.41) is 0. The molecule has 6 rings (SSSR count). The molecule has 0 aromatic heterocycles. The summed E-state index contributed by atoms with van der Waals surface area (Å²) in [5.74, 6) is -0.690. The maximum Gasteiger partial charge on any atom is 0.417 e. The summed E-state index contributed by atoms with van der Waals surface area (Å²) < 4.78 is 10.3. The number of amides is 4. The molecule has 2 aliphatic rings. The molecule has 50 heavy (non-hydrogen) atoms. The Bertz CT molecular complexity index is 1650. The van der Waals surface area contributed by atoms with Crippen molar-refractivity contribution in [3.8, 4) is 0 Å². The molecule has 4 aromatic rings. The zero-order chi connectivity index (χ0) is 35.9. The lowest BCUT2D eigenvalue weighted by Crippen LogP contribution is -2.40. The minimum atomic E-state index is -0.584. The lowest BCUT2D eigenvalue weighted by atomic mass is 9.95. The number of imide groups is 2. The topological polar surface area (TPSA) is 93.2 Å². The van der Waals surface area contributed by atoms with E-state index >= 15 is 0 Å². The molecule has 4 aromatic carbocycles. The number of nitrogens with zero attached hydrogens (tertiary/aromatic N) is 2. The summed E-state index contributed by atoms with van der Waals surface area (Å²) in [6, 6.07) is 34.3.